The van der Waals surface area contributed by atoms with Gasteiger partial charge in [0, 0.05) is 6.42 Å². The number of carbonyl (C=O) groups excluding carboxylic acids is 2. The smallest absolute Gasteiger partial charge is 0.449 e. The van der Waals surface area contributed by atoms with Crippen molar-refractivity contribution in [2.75, 3.05) is 6.61 Å². The van der Waals surface area contributed by atoms with Gasteiger partial charge >= 0.3 is 7.82 Å². The average molecular weight is 287 g/mol. The summed E-state index contributed by atoms with van der Waals surface area (Å²) >= 11 is 0. The third kappa shape index (κ3) is 7.45. The molecule has 0 aliphatic heterocycles. The van der Waals surface area contributed by atoms with Crippen molar-refractivity contribution in [3.05, 3.63) is 0 Å². The molecule has 11 heteroatoms. The largest absolute Gasteiger partial charge is 0.469 e. The van der Waals surface area contributed by atoms with Gasteiger partial charge in [-0.2, -0.15) is 0 Å². The van der Waals surface area contributed by atoms with Crippen molar-refractivity contribution in [1.82, 2.24) is 0 Å². The zero-order valence-corrected chi connectivity index (χ0v) is 9.97. The molecule has 0 rings (SSSR count). The van der Waals surface area contributed by atoms with Gasteiger partial charge in [-0.05, 0) is 0 Å². The van der Waals surface area contributed by atoms with Crippen molar-refractivity contribution >= 4 is 20.1 Å². The molecular formula is C7H14NO9P. The highest BCUT2D eigenvalue weighted by Gasteiger charge is 2.28. The number of hydrogen-bond donors (Lipinski definition) is 5. The molecule has 0 amide bonds. The highest BCUT2D eigenvalue weighted by molar-refractivity contribution is 7.46. The Morgan fingerprint density at radius 3 is 2.33 bits per heavy atom. The van der Waals surface area contributed by atoms with Crippen molar-refractivity contribution in [2.24, 2.45) is 5.73 Å². The molecule has 0 aromatic heterocycles. The van der Waals surface area contributed by atoms with Crippen LogP contribution in [0.4, 0.5) is 0 Å². The van der Waals surface area contributed by atoms with Gasteiger partial charge in [0.2, 0.25) is 0 Å². The fourth-order valence-corrected chi connectivity index (χ4v) is 1.27. The monoisotopic (exact) mass is 287 g/mol. The van der Waals surface area contributed by atoms with Crippen molar-refractivity contribution < 1.29 is 43.4 Å². The number of Topliss-reactive ketones (excluding diaryl/α,β-unsaturated/α-hetero) is 1. The van der Waals surface area contributed by atoms with E-state index in [-0.39, 0.29) is 6.47 Å². The molecule has 0 aliphatic rings. The topological polar surface area (TPSA) is 177 Å². The van der Waals surface area contributed by atoms with E-state index in [0.717, 1.165) is 0 Å². The Morgan fingerprint density at radius 1 is 1.33 bits per heavy atom. The van der Waals surface area contributed by atoms with Crippen molar-refractivity contribution in [1.29, 1.82) is 0 Å². The lowest BCUT2D eigenvalue weighted by Gasteiger charge is -2.17. The molecule has 18 heavy (non-hydrogen) atoms. The third-order valence-corrected chi connectivity index (χ3v) is 2.23. The third-order valence-electron chi connectivity index (χ3n) is 1.74. The molecule has 0 bridgehead atoms. The van der Waals surface area contributed by atoms with Gasteiger partial charge in [0.15, 0.2) is 12.0 Å². The predicted octanol–water partition coefficient (Wildman–Crippen LogP) is -2.77. The summed E-state index contributed by atoms with van der Waals surface area (Å²) in [5.41, 5.74) is 5.16. The maximum atomic E-state index is 11.3. The van der Waals surface area contributed by atoms with Crippen LogP contribution in [-0.2, 0) is 23.4 Å². The first-order chi connectivity index (χ1) is 8.17. The molecule has 0 saturated carbocycles. The highest BCUT2D eigenvalue weighted by Crippen LogP contribution is 2.35. The van der Waals surface area contributed by atoms with Crippen LogP contribution in [0.5, 0.6) is 0 Å². The SMILES string of the molecule is NC(CC(O)C(=O)C(O)COP(=O)(O)O)OC=O. The van der Waals surface area contributed by atoms with Crippen molar-refractivity contribution in [2.45, 2.75) is 24.9 Å². The van der Waals surface area contributed by atoms with E-state index in [1.165, 1.54) is 0 Å². The minimum absolute atomic E-state index is 0.0230. The normalized spacial score (nSPS) is 16.7. The van der Waals surface area contributed by atoms with Gasteiger partial charge in [0.25, 0.3) is 6.47 Å². The molecule has 3 unspecified atom stereocenters. The van der Waals surface area contributed by atoms with E-state index in [2.05, 4.69) is 9.26 Å². The summed E-state index contributed by atoms with van der Waals surface area (Å²) in [6, 6.07) is 0. The molecule has 0 aromatic carbocycles. The van der Waals surface area contributed by atoms with Gasteiger partial charge in [-0.1, -0.05) is 0 Å². The predicted molar refractivity (Wildman–Crippen MR) is 54.8 cm³/mol. The van der Waals surface area contributed by atoms with Crippen LogP contribution in [0.15, 0.2) is 0 Å². The number of rotatable bonds is 9. The number of ketones is 1. The second-order valence-corrected chi connectivity index (χ2v) is 4.47. The second-order valence-electron chi connectivity index (χ2n) is 3.23. The number of nitrogens with two attached hydrogens (primary N) is 1. The molecule has 10 nitrogen and oxygen atoms in total. The molecule has 0 fully saturated rings. The van der Waals surface area contributed by atoms with Crippen LogP contribution in [0.1, 0.15) is 6.42 Å². The van der Waals surface area contributed by atoms with E-state index in [9.17, 15) is 19.3 Å². The molecule has 3 atom stereocenters. The number of ether oxygens (including phenoxy) is 1. The van der Waals surface area contributed by atoms with Gasteiger partial charge < -0.3 is 24.7 Å². The summed E-state index contributed by atoms with van der Waals surface area (Å²) < 4.78 is 18.4. The molecular weight excluding hydrogens is 273 g/mol. The quantitative estimate of drug-likeness (QED) is 0.169. The molecule has 0 radical (unpaired) electrons. The van der Waals surface area contributed by atoms with Gasteiger partial charge in [0.1, 0.15) is 12.2 Å². The lowest BCUT2D eigenvalue weighted by Crippen LogP contribution is -2.39. The van der Waals surface area contributed by atoms with Crippen LogP contribution < -0.4 is 5.73 Å². The number of phosphoric ester groups is 1. The molecule has 106 valence electrons. The number of carbonyl (C=O) groups is 2. The molecule has 0 spiro atoms. The van der Waals surface area contributed by atoms with Crippen molar-refractivity contribution in [3.63, 3.8) is 0 Å². The van der Waals surface area contributed by atoms with Gasteiger partial charge in [-0.15, -0.1) is 0 Å². The number of aliphatic hydroxyl groups is 2. The lowest BCUT2D eigenvalue weighted by atomic mass is 10.1. The van der Waals surface area contributed by atoms with Crippen molar-refractivity contribution in [3.8, 4) is 0 Å². The maximum absolute atomic E-state index is 11.3. The summed E-state index contributed by atoms with van der Waals surface area (Å²) in [4.78, 5) is 37.8. The number of hydrogen-bond acceptors (Lipinski definition) is 8. The van der Waals surface area contributed by atoms with Crippen LogP contribution in [0.3, 0.4) is 0 Å². The first-order valence-electron chi connectivity index (χ1n) is 4.62. The Morgan fingerprint density at radius 2 is 1.89 bits per heavy atom. The Hall–Kier alpha value is -0.870. The molecule has 0 aliphatic carbocycles. The summed E-state index contributed by atoms with van der Waals surface area (Å²) in [5.74, 6) is -1.16. The lowest BCUT2D eigenvalue weighted by molar-refractivity contribution is -0.143. The maximum Gasteiger partial charge on any atom is 0.469 e. The van der Waals surface area contributed by atoms with Crippen LogP contribution >= 0.6 is 7.82 Å². The van der Waals surface area contributed by atoms with E-state index in [0.29, 0.717) is 0 Å². The van der Waals surface area contributed by atoms with Crippen LogP contribution in [0.25, 0.3) is 0 Å². The first-order valence-corrected chi connectivity index (χ1v) is 6.15. The Balaban J connectivity index is 4.19. The first kappa shape index (κ1) is 17.1. The zero-order valence-electron chi connectivity index (χ0n) is 9.08. The Kier molecular flexibility index (Phi) is 7.18. The van der Waals surface area contributed by atoms with Gasteiger partial charge in [-0.25, -0.2) is 4.57 Å². The molecule has 0 heterocycles. The number of phosphoric acid groups is 1. The van der Waals surface area contributed by atoms with Crippen LogP contribution in [0, 0.1) is 0 Å². The van der Waals surface area contributed by atoms with Crippen LogP contribution in [0.2, 0.25) is 0 Å². The van der Waals surface area contributed by atoms with Gasteiger partial charge in [-0.3, -0.25) is 19.8 Å². The summed E-state index contributed by atoms with van der Waals surface area (Å²) in [6.45, 7) is -0.959. The minimum Gasteiger partial charge on any atom is -0.449 e. The standard InChI is InChI=1S/C7H14NO9P/c8-6(16-3-9)1-4(10)7(12)5(11)2-17-18(13,14)15/h3-6,10-11H,1-2,8H2,(H2,13,14,15). The minimum atomic E-state index is -4.82. The fraction of sp³-hybridized carbons (Fsp3) is 0.714. The van der Waals surface area contributed by atoms with E-state index >= 15 is 0 Å². The summed E-state index contributed by atoms with van der Waals surface area (Å²) in [6.07, 6.45) is -5.40. The summed E-state index contributed by atoms with van der Waals surface area (Å²) in [5, 5.41) is 18.4. The van der Waals surface area contributed by atoms with E-state index in [1.54, 1.807) is 0 Å². The summed E-state index contributed by atoms with van der Waals surface area (Å²) in [7, 11) is -4.82. The average Bonchev–Trinajstić information content (AvgIpc) is 2.23. The zero-order chi connectivity index (χ0) is 14.3. The van der Waals surface area contributed by atoms with E-state index in [4.69, 9.17) is 20.6 Å². The van der Waals surface area contributed by atoms with Gasteiger partial charge in [0.05, 0.1) is 6.61 Å². The fourth-order valence-electron chi connectivity index (χ4n) is 0.935. The highest BCUT2D eigenvalue weighted by atomic mass is 31.2. The second kappa shape index (κ2) is 7.54. The molecule has 6 N–H and O–H groups in total. The Labute approximate surface area is 102 Å². The van der Waals surface area contributed by atoms with E-state index < -0.39 is 45.1 Å². The molecule has 0 saturated heterocycles. The van der Waals surface area contributed by atoms with E-state index in [1.807, 2.05) is 0 Å². The van der Waals surface area contributed by atoms with Crippen LogP contribution in [-0.4, -0.2) is 57.3 Å². The Bertz CT molecular complexity index is 329. The molecule has 0 aromatic rings. The number of aliphatic hydroxyl groups excluding tert-OH is 2.